The normalized spacial score (nSPS) is 17.7. The van der Waals surface area contributed by atoms with Gasteiger partial charge in [0.15, 0.2) is 11.6 Å². The SMILES string of the molecule is CC(C)Oc1ccc([C@H](C)Cc2ncc(F)c(N3C(=O)OC[C@@H]3C(C)C)n2)cc1. The van der Waals surface area contributed by atoms with E-state index in [2.05, 4.69) is 16.9 Å². The smallest absolute Gasteiger partial charge is 0.416 e. The highest BCUT2D eigenvalue weighted by Crippen LogP contribution is 2.29. The lowest BCUT2D eigenvalue weighted by molar-refractivity contribution is 0.177. The molecule has 2 atom stereocenters. The molecule has 3 rings (SSSR count). The number of amides is 1. The minimum atomic E-state index is -0.624. The monoisotopic (exact) mass is 401 g/mol. The molecule has 1 aliphatic rings. The number of rotatable bonds is 7. The molecule has 7 heteroatoms. The highest BCUT2D eigenvalue weighted by Gasteiger charge is 2.38. The predicted molar refractivity (Wildman–Crippen MR) is 109 cm³/mol. The van der Waals surface area contributed by atoms with E-state index in [4.69, 9.17) is 9.47 Å². The lowest BCUT2D eigenvalue weighted by Gasteiger charge is -2.24. The number of halogens is 1. The van der Waals surface area contributed by atoms with E-state index in [0.717, 1.165) is 17.5 Å². The maximum atomic E-state index is 14.5. The van der Waals surface area contributed by atoms with Crippen molar-refractivity contribution in [1.82, 2.24) is 9.97 Å². The summed E-state index contributed by atoms with van der Waals surface area (Å²) >= 11 is 0. The molecule has 156 valence electrons. The summed E-state index contributed by atoms with van der Waals surface area (Å²) in [7, 11) is 0. The van der Waals surface area contributed by atoms with Crippen LogP contribution in [0.2, 0.25) is 0 Å². The van der Waals surface area contributed by atoms with Crippen molar-refractivity contribution < 1.29 is 18.7 Å². The maximum absolute atomic E-state index is 14.5. The number of nitrogens with zero attached hydrogens (tertiary/aromatic N) is 3. The van der Waals surface area contributed by atoms with Gasteiger partial charge in [-0.3, -0.25) is 4.90 Å². The molecule has 0 aliphatic carbocycles. The number of aromatic nitrogens is 2. The molecule has 29 heavy (non-hydrogen) atoms. The van der Waals surface area contributed by atoms with Gasteiger partial charge in [0.05, 0.1) is 18.3 Å². The van der Waals surface area contributed by atoms with E-state index in [9.17, 15) is 9.18 Å². The zero-order chi connectivity index (χ0) is 21.1. The summed E-state index contributed by atoms with van der Waals surface area (Å²) in [4.78, 5) is 22.0. The fourth-order valence-electron chi connectivity index (χ4n) is 3.37. The quantitative estimate of drug-likeness (QED) is 0.671. The highest BCUT2D eigenvalue weighted by atomic mass is 19.1. The van der Waals surface area contributed by atoms with Crippen LogP contribution in [-0.2, 0) is 11.2 Å². The molecule has 1 aromatic carbocycles. The Hall–Kier alpha value is -2.70. The van der Waals surface area contributed by atoms with Gasteiger partial charge >= 0.3 is 6.09 Å². The molecule has 2 aromatic rings. The Bertz CT molecular complexity index is 855. The molecule has 0 unspecified atom stereocenters. The van der Waals surface area contributed by atoms with Gasteiger partial charge in [-0.05, 0) is 43.4 Å². The van der Waals surface area contributed by atoms with Crippen LogP contribution >= 0.6 is 0 Å². The fourth-order valence-corrected chi connectivity index (χ4v) is 3.37. The van der Waals surface area contributed by atoms with Gasteiger partial charge in [-0.25, -0.2) is 19.2 Å². The van der Waals surface area contributed by atoms with Crippen molar-refractivity contribution in [3.63, 3.8) is 0 Å². The zero-order valence-electron chi connectivity index (χ0n) is 17.6. The molecule has 0 saturated carbocycles. The molecular formula is C22H28FN3O3. The Kier molecular flexibility index (Phi) is 6.35. The molecule has 0 spiro atoms. The summed E-state index contributed by atoms with van der Waals surface area (Å²) in [6.07, 6.45) is 1.21. The zero-order valence-corrected chi connectivity index (χ0v) is 17.6. The lowest BCUT2D eigenvalue weighted by atomic mass is 9.97. The van der Waals surface area contributed by atoms with E-state index in [1.165, 1.54) is 4.90 Å². The Labute approximate surface area is 171 Å². The number of anilines is 1. The molecule has 1 amide bonds. The van der Waals surface area contributed by atoms with Gasteiger partial charge < -0.3 is 9.47 Å². The number of benzene rings is 1. The lowest BCUT2D eigenvalue weighted by Crippen LogP contribution is -2.38. The van der Waals surface area contributed by atoms with Crippen LogP contribution in [0.4, 0.5) is 15.0 Å². The van der Waals surface area contributed by atoms with Crippen molar-refractivity contribution in [2.75, 3.05) is 11.5 Å². The number of hydrogen-bond donors (Lipinski definition) is 0. The molecule has 0 bridgehead atoms. The molecule has 2 heterocycles. The van der Waals surface area contributed by atoms with Crippen LogP contribution in [-0.4, -0.2) is 34.8 Å². The van der Waals surface area contributed by atoms with Gasteiger partial charge in [0.2, 0.25) is 0 Å². The van der Waals surface area contributed by atoms with E-state index in [-0.39, 0.29) is 36.4 Å². The second-order valence-corrected chi connectivity index (χ2v) is 8.06. The molecule has 0 N–H and O–H groups in total. The highest BCUT2D eigenvalue weighted by molar-refractivity contribution is 5.89. The first kappa shape index (κ1) is 21.0. The van der Waals surface area contributed by atoms with Crippen molar-refractivity contribution in [3.8, 4) is 5.75 Å². The summed E-state index contributed by atoms with van der Waals surface area (Å²) in [5, 5.41) is 0. The van der Waals surface area contributed by atoms with Crippen LogP contribution < -0.4 is 9.64 Å². The standard InChI is InChI=1S/C22H28FN3O3/c1-13(2)19-12-28-22(27)26(19)21-18(23)11-24-20(25-21)10-15(5)16-6-8-17(9-7-16)29-14(3)4/h6-9,11,13-15,19H,10,12H2,1-5H3/t15-,19-/m1/s1. The van der Waals surface area contributed by atoms with Crippen molar-refractivity contribution in [1.29, 1.82) is 0 Å². The van der Waals surface area contributed by atoms with Crippen LogP contribution in [0, 0.1) is 11.7 Å². The van der Waals surface area contributed by atoms with Crippen LogP contribution in [0.25, 0.3) is 0 Å². The molecule has 0 radical (unpaired) electrons. The van der Waals surface area contributed by atoms with Crippen LogP contribution in [0.3, 0.4) is 0 Å². The number of cyclic esters (lactones) is 1. The van der Waals surface area contributed by atoms with E-state index in [1.807, 2.05) is 52.0 Å². The summed E-state index contributed by atoms with van der Waals surface area (Å²) in [6, 6.07) is 7.66. The number of carbonyl (C=O) groups is 1. The van der Waals surface area contributed by atoms with Gasteiger partial charge in [0.25, 0.3) is 0 Å². The molecule has 1 aliphatic heterocycles. The summed E-state index contributed by atoms with van der Waals surface area (Å²) in [5.74, 6) is 0.907. The minimum Gasteiger partial charge on any atom is -0.491 e. The average Bonchev–Trinajstić information content (AvgIpc) is 3.05. The van der Waals surface area contributed by atoms with Gasteiger partial charge in [0, 0.05) is 6.42 Å². The molecule has 1 aromatic heterocycles. The Morgan fingerprint density at radius 1 is 1.21 bits per heavy atom. The van der Waals surface area contributed by atoms with Gasteiger partial charge in [-0.15, -0.1) is 0 Å². The first-order valence-electron chi connectivity index (χ1n) is 10.00. The van der Waals surface area contributed by atoms with Gasteiger partial charge in [-0.1, -0.05) is 32.9 Å². The Morgan fingerprint density at radius 2 is 1.90 bits per heavy atom. The second kappa shape index (κ2) is 8.76. The number of ether oxygens (including phenoxy) is 2. The van der Waals surface area contributed by atoms with Crippen molar-refractivity contribution >= 4 is 11.9 Å². The molecule has 6 nitrogen and oxygen atoms in total. The van der Waals surface area contributed by atoms with Crippen LogP contribution in [0.15, 0.2) is 30.5 Å². The topological polar surface area (TPSA) is 64.5 Å². The predicted octanol–water partition coefficient (Wildman–Crippen LogP) is 4.73. The first-order chi connectivity index (χ1) is 13.8. The third kappa shape index (κ3) is 4.83. The van der Waals surface area contributed by atoms with E-state index >= 15 is 0 Å². The minimum absolute atomic E-state index is 0.0101. The Morgan fingerprint density at radius 3 is 2.52 bits per heavy atom. The average molecular weight is 401 g/mol. The van der Waals surface area contributed by atoms with E-state index in [1.54, 1.807) is 0 Å². The summed E-state index contributed by atoms with van der Waals surface area (Å²) in [6.45, 7) is 10.2. The Balaban J connectivity index is 1.78. The number of hydrogen-bond acceptors (Lipinski definition) is 5. The van der Waals surface area contributed by atoms with Crippen molar-refractivity contribution in [2.24, 2.45) is 5.92 Å². The first-order valence-corrected chi connectivity index (χ1v) is 10.00. The van der Waals surface area contributed by atoms with E-state index < -0.39 is 11.9 Å². The summed E-state index contributed by atoms with van der Waals surface area (Å²) in [5.41, 5.74) is 1.11. The largest absolute Gasteiger partial charge is 0.491 e. The fraction of sp³-hybridized carbons (Fsp3) is 0.500. The van der Waals surface area contributed by atoms with Crippen molar-refractivity contribution in [2.45, 2.75) is 59.1 Å². The van der Waals surface area contributed by atoms with E-state index in [0.29, 0.717) is 12.2 Å². The third-order valence-electron chi connectivity index (χ3n) is 4.99. The van der Waals surface area contributed by atoms with Crippen LogP contribution in [0.1, 0.15) is 51.9 Å². The number of carbonyl (C=O) groups excluding carboxylic acids is 1. The summed E-state index contributed by atoms with van der Waals surface area (Å²) < 4.78 is 25.3. The second-order valence-electron chi connectivity index (χ2n) is 8.06. The maximum Gasteiger partial charge on any atom is 0.416 e. The molecule has 1 saturated heterocycles. The van der Waals surface area contributed by atoms with Gasteiger partial charge in [-0.2, -0.15) is 0 Å². The third-order valence-corrected chi connectivity index (χ3v) is 4.99. The van der Waals surface area contributed by atoms with Crippen LogP contribution in [0.5, 0.6) is 5.75 Å². The van der Waals surface area contributed by atoms with Gasteiger partial charge in [0.1, 0.15) is 18.2 Å². The molecular weight excluding hydrogens is 373 g/mol. The molecule has 1 fully saturated rings. The van der Waals surface area contributed by atoms with Crippen molar-refractivity contribution in [3.05, 3.63) is 47.7 Å².